The van der Waals surface area contributed by atoms with Crippen LogP contribution >= 0.6 is 23.7 Å². The largest absolute Gasteiger partial charge is 0.468 e. The highest BCUT2D eigenvalue weighted by Crippen LogP contribution is 2.41. The van der Waals surface area contributed by atoms with Crippen LogP contribution in [0.1, 0.15) is 44.1 Å². The summed E-state index contributed by atoms with van der Waals surface area (Å²) in [5, 5.41) is 2.67. The van der Waals surface area contributed by atoms with Gasteiger partial charge < -0.3 is 15.0 Å². The summed E-state index contributed by atoms with van der Waals surface area (Å²) in [4.78, 5) is 28.3. The standard InChI is InChI=1S/C23H26N2O3S.ClH/c1-25-11-9-16(10-12-25)22-17-6-4-3-5-15(17)7-8-19-18(22)13-20(29-19)23(27)24-14-21(26)28-2;/h3-6,13H,7-12,14H2,1-2H3,(H,24,27);1H. The number of thiophene rings is 1. The summed E-state index contributed by atoms with van der Waals surface area (Å²) in [6.45, 7) is 2.01. The average Bonchev–Trinajstić information content (AvgIpc) is 3.10. The fourth-order valence-corrected chi connectivity index (χ4v) is 5.23. The van der Waals surface area contributed by atoms with Gasteiger partial charge in [-0.05, 0) is 61.1 Å². The van der Waals surface area contributed by atoms with E-state index in [4.69, 9.17) is 0 Å². The summed E-state index contributed by atoms with van der Waals surface area (Å²) in [5.74, 6) is -0.658. The van der Waals surface area contributed by atoms with E-state index in [0.29, 0.717) is 4.88 Å². The average molecular weight is 447 g/mol. The monoisotopic (exact) mass is 446 g/mol. The second-order valence-electron chi connectivity index (χ2n) is 7.65. The number of carbonyl (C=O) groups excluding carboxylic acids is 2. The molecule has 1 N–H and O–H groups in total. The number of esters is 1. The van der Waals surface area contributed by atoms with E-state index in [9.17, 15) is 9.59 Å². The van der Waals surface area contributed by atoms with E-state index in [1.165, 1.54) is 39.8 Å². The number of hydrogen-bond donors (Lipinski definition) is 1. The third-order valence-corrected chi connectivity index (χ3v) is 6.97. The minimum Gasteiger partial charge on any atom is -0.468 e. The summed E-state index contributed by atoms with van der Waals surface area (Å²) in [6.07, 6.45) is 4.01. The Labute approximate surface area is 187 Å². The van der Waals surface area contributed by atoms with Crippen LogP contribution in [0.15, 0.2) is 35.9 Å². The molecule has 1 aromatic carbocycles. The van der Waals surface area contributed by atoms with Crippen LogP contribution in [0.5, 0.6) is 0 Å². The SMILES string of the molecule is COC(=O)CNC(=O)c1cc2c(s1)CCc1ccccc1C2=C1CCN(C)CC1.Cl. The number of amides is 1. The van der Waals surface area contributed by atoms with Crippen molar-refractivity contribution in [2.24, 2.45) is 0 Å². The quantitative estimate of drug-likeness (QED) is 0.730. The summed E-state index contributed by atoms with van der Waals surface area (Å²) in [6, 6.07) is 10.7. The number of aryl methyl sites for hydroxylation is 2. The first-order chi connectivity index (χ1) is 14.1. The van der Waals surface area contributed by atoms with Gasteiger partial charge in [0.15, 0.2) is 0 Å². The Morgan fingerprint density at radius 1 is 1.10 bits per heavy atom. The van der Waals surface area contributed by atoms with E-state index in [1.54, 1.807) is 11.3 Å². The number of hydrogen-bond acceptors (Lipinski definition) is 5. The molecule has 4 rings (SSSR count). The minimum absolute atomic E-state index is 0. The number of ether oxygens (including phenoxy) is 1. The van der Waals surface area contributed by atoms with Gasteiger partial charge in [-0.2, -0.15) is 0 Å². The van der Waals surface area contributed by atoms with E-state index < -0.39 is 5.97 Å². The van der Waals surface area contributed by atoms with Gasteiger partial charge in [-0.15, -0.1) is 23.7 Å². The number of nitrogens with zero attached hydrogens (tertiary/aromatic N) is 1. The van der Waals surface area contributed by atoms with E-state index >= 15 is 0 Å². The molecule has 30 heavy (non-hydrogen) atoms. The lowest BCUT2D eigenvalue weighted by Crippen LogP contribution is -2.29. The van der Waals surface area contributed by atoms with Gasteiger partial charge in [-0.1, -0.05) is 29.8 Å². The normalized spacial score (nSPS) is 16.1. The number of rotatable bonds is 3. The Kier molecular flexibility index (Phi) is 7.34. The third kappa shape index (κ3) is 4.61. The van der Waals surface area contributed by atoms with Gasteiger partial charge in [0.05, 0.1) is 12.0 Å². The molecule has 5 nitrogen and oxygen atoms in total. The number of fused-ring (bicyclic) bond motifs is 2. The molecule has 160 valence electrons. The second kappa shape index (κ2) is 9.77. The van der Waals surface area contributed by atoms with E-state index in [2.05, 4.69) is 46.3 Å². The Balaban J connectivity index is 0.00000256. The van der Waals surface area contributed by atoms with Crippen molar-refractivity contribution < 1.29 is 14.3 Å². The number of carbonyl (C=O) groups is 2. The third-order valence-electron chi connectivity index (χ3n) is 5.78. The molecule has 7 heteroatoms. The Morgan fingerprint density at radius 3 is 2.57 bits per heavy atom. The zero-order valence-corrected chi connectivity index (χ0v) is 19.0. The number of piperidine rings is 1. The van der Waals surface area contributed by atoms with Gasteiger partial charge in [0, 0.05) is 18.0 Å². The molecular weight excluding hydrogens is 420 g/mol. The van der Waals surface area contributed by atoms with Crippen molar-refractivity contribution in [2.45, 2.75) is 25.7 Å². The van der Waals surface area contributed by atoms with E-state index in [1.807, 2.05) is 6.07 Å². The molecule has 1 amide bonds. The highest BCUT2D eigenvalue weighted by atomic mass is 35.5. The maximum absolute atomic E-state index is 12.6. The number of benzene rings is 1. The first-order valence-corrected chi connectivity index (χ1v) is 10.9. The van der Waals surface area contributed by atoms with Crippen molar-refractivity contribution in [3.63, 3.8) is 0 Å². The molecule has 0 spiro atoms. The van der Waals surface area contributed by atoms with Crippen LogP contribution < -0.4 is 5.32 Å². The first kappa shape index (κ1) is 22.5. The van der Waals surface area contributed by atoms with Crippen molar-refractivity contribution in [3.8, 4) is 0 Å². The summed E-state index contributed by atoms with van der Waals surface area (Å²) >= 11 is 1.55. The van der Waals surface area contributed by atoms with Crippen LogP contribution in [0.3, 0.4) is 0 Å². The smallest absolute Gasteiger partial charge is 0.325 e. The number of nitrogens with one attached hydrogen (secondary N) is 1. The fourth-order valence-electron chi connectivity index (χ4n) is 4.14. The predicted molar refractivity (Wildman–Crippen MR) is 123 cm³/mol. The van der Waals surface area contributed by atoms with Crippen molar-refractivity contribution in [2.75, 3.05) is 33.8 Å². The maximum Gasteiger partial charge on any atom is 0.325 e. The molecule has 2 aromatic rings. The highest BCUT2D eigenvalue weighted by Gasteiger charge is 2.26. The number of likely N-dealkylation sites (tertiary alicyclic amines) is 1. The van der Waals surface area contributed by atoms with Gasteiger partial charge in [0.1, 0.15) is 6.54 Å². The van der Waals surface area contributed by atoms with Crippen LogP contribution in [-0.4, -0.2) is 50.6 Å². The van der Waals surface area contributed by atoms with Crippen LogP contribution in [0.4, 0.5) is 0 Å². The Morgan fingerprint density at radius 2 is 1.83 bits per heavy atom. The predicted octanol–water partition coefficient (Wildman–Crippen LogP) is 3.70. The summed E-state index contributed by atoms with van der Waals surface area (Å²) in [7, 11) is 3.49. The van der Waals surface area contributed by atoms with E-state index in [0.717, 1.165) is 38.8 Å². The molecule has 2 heterocycles. The number of methoxy groups -OCH3 is 1. The molecule has 2 aliphatic rings. The van der Waals surface area contributed by atoms with Gasteiger partial charge in [0.2, 0.25) is 0 Å². The lowest BCUT2D eigenvalue weighted by atomic mass is 9.87. The fraction of sp³-hybridized carbons (Fsp3) is 0.391. The Hall–Kier alpha value is -2.15. The molecule has 1 saturated heterocycles. The Bertz CT molecular complexity index is 973. The van der Waals surface area contributed by atoms with E-state index in [-0.39, 0.29) is 24.9 Å². The van der Waals surface area contributed by atoms with Crippen molar-refractivity contribution in [1.82, 2.24) is 10.2 Å². The molecular formula is C23H27ClN2O3S. The van der Waals surface area contributed by atoms with Crippen LogP contribution in [0, 0.1) is 0 Å². The van der Waals surface area contributed by atoms with Crippen molar-refractivity contribution >= 4 is 41.2 Å². The lowest BCUT2D eigenvalue weighted by Gasteiger charge is -2.27. The van der Waals surface area contributed by atoms with Crippen molar-refractivity contribution in [3.05, 3.63) is 62.3 Å². The van der Waals surface area contributed by atoms with Crippen molar-refractivity contribution in [1.29, 1.82) is 0 Å². The molecule has 0 bridgehead atoms. The van der Waals surface area contributed by atoms with Crippen LogP contribution in [0.25, 0.3) is 5.57 Å². The molecule has 1 aliphatic heterocycles. The molecule has 1 aromatic heterocycles. The summed E-state index contributed by atoms with van der Waals surface area (Å²) in [5.41, 5.74) is 6.70. The molecule has 0 saturated carbocycles. The molecule has 0 radical (unpaired) electrons. The molecule has 0 unspecified atom stereocenters. The maximum atomic E-state index is 12.6. The topological polar surface area (TPSA) is 58.6 Å². The van der Waals surface area contributed by atoms with Gasteiger partial charge >= 0.3 is 5.97 Å². The van der Waals surface area contributed by atoms with Crippen LogP contribution in [-0.2, 0) is 22.4 Å². The summed E-state index contributed by atoms with van der Waals surface area (Å²) < 4.78 is 4.62. The zero-order valence-electron chi connectivity index (χ0n) is 17.3. The molecule has 1 aliphatic carbocycles. The minimum atomic E-state index is -0.445. The highest BCUT2D eigenvalue weighted by molar-refractivity contribution is 7.14. The van der Waals surface area contributed by atoms with Gasteiger partial charge in [0.25, 0.3) is 5.91 Å². The van der Waals surface area contributed by atoms with Crippen LogP contribution in [0.2, 0.25) is 0 Å². The van der Waals surface area contributed by atoms with Gasteiger partial charge in [-0.25, -0.2) is 0 Å². The number of halogens is 1. The zero-order chi connectivity index (χ0) is 20.4. The molecule has 1 fully saturated rings. The second-order valence-corrected chi connectivity index (χ2v) is 8.78. The van der Waals surface area contributed by atoms with Gasteiger partial charge in [-0.3, -0.25) is 9.59 Å². The lowest BCUT2D eigenvalue weighted by molar-refractivity contribution is -0.139. The molecule has 0 atom stereocenters. The first-order valence-electron chi connectivity index (χ1n) is 10.0.